The number of rotatable bonds is 1. The van der Waals surface area contributed by atoms with Gasteiger partial charge in [0.1, 0.15) is 0 Å². The Kier molecular flexibility index (Phi) is 42.6. The number of hydrogen-bond acceptors (Lipinski definition) is 2. The van der Waals surface area contributed by atoms with Crippen LogP contribution in [0.1, 0.15) is 53.4 Å². The molecular weight excluding hydrogens is 162 g/mol. The van der Waals surface area contributed by atoms with E-state index in [1.54, 1.807) is 0 Å². The summed E-state index contributed by atoms with van der Waals surface area (Å²) < 4.78 is 0. The first-order chi connectivity index (χ1) is 6.41. The molecule has 1 aliphatic rings. The number of nitrogens with one attached hydrogen (secondary N) is 1. The lowest BCUT2D eigenvalue weighted by molar-refractivity contribution is 0.399. The fourth-order valence-electron chi connectivity index (χ4n) is 0.625. The topological polar surface area (TPSA) is 32.3 Å². The minimum absolute atomic E-state index is 1.00. The molecule has 0 atom stereocenters. The molecule has 2 heteroatoms. The monoisotopic (exact) mass is 191 g/mol. The van der Waals surface area contributed by atoms with Gasteiger partial charge in [-0.3, -0.25) is 0 Å². The van der Waals surface area contributed by atoms with Gasteiger partial charge in [0.05, 0.1) is 0 Å². The molecule has 0 unspecified atom stereocenters. The third-order valence-corrected chi connectivity index (χ3v) is 1.46. The second-order valence-electron chi connectivity index (χ2n) is 2.46. The molecule has 0 aromatic rings. The summed E-state index contributed by atoms with van der Waals surface area (Å²) in [6.07, 6.45) is 5.42. The average Bonchev–Trinajstić information content (AvgIpc) is 2.82. The van der Waals surface area contributed by atoms with Gasteiger partial charge in [0.15, 0.2) is 0 Å². The zero-order valence-electron chi connectivity index (χ0n) is 10.2. The van der Waals surface area contributed by atoms with Crippen molar-refractivity contribution in [2.75, 3.05) is 20.2 Å². The largest absolute Gasteiger partial charge is 0.400 e. The summed E-state index contributed by atoms with van der Waals surface area (Å²) in [5.41, 5.74) is 0. The SMILES string of the molecule is C1CCNC1.CC.CCCC.CO. The van der Waals surface area contributed by atoms with Crippen LogP contribution in [0.5, 0.6) is 0 Å². The summed E-state index contributed by atoms with van der Waals surface area (Å²) in [6, 6.07) is 0. The molecule has 0 aromatic heterocycles. The summed E-state index contributed by atoms with van der Waals surface area (Å²) in [6.45, 7) is 10.9. The highest BCUT2D eigenvalue weighted by atomic mass is 16.2. The molecule has 2 N–H and O–H groups in total. The number of aliphatic hydroxyl groups is 1. The lowest BCUT2D eigenvalue weighted by Crippen LogP contribution is -2.03. The molecule has 1 fully saturated rings. The molecule has 0 aromatic carbocycles. The molecule has 0 spiro atoms. The fourth-order valence-corrected chi connectivity index (χ4v) is 0.625. The molecule has 0 saturated carbocycles. The molecule has 1 rings (SSSR count). The van der Waals surface area contributed by atoms with Gasteiger partial charge < -0.3 is 10.4 Å². The maximum absolute atomic E-state index is 7.00. The minimum Gasteiger partial charge on any atom is -0.400 e. The van der Waals surface area contributed by atoms with E-state index in [1.807, 2.05) is 13.8 Å². The van der Waals surface area contributed by atoms with Crippen molar-refractivity contribution in [3.63, 3.8) is 0 Å². The predicted molar refractivity (Wildman–Crippen MR) is 62.2 cm³/mol. The lowest BCUT2D eigenvalue weighted by atomic mass is 10.4. The molecule has 1 saturated heterocycles. The smallest absolute Gasteiger partial charge is 0.0319 e. The third-order valence-electron chi connectivity index (χ3n) is 1.46. The maximum atomic E-state index is 7.00. The number of hydrogen-bond donors (Lipinski definition) is 2. The summed E-state index contributed by atoms with van der Waals surface area (Å²) >= 11 is 0. The van der Waals surface area contributed by atoms with Crippen LogP contribution in [0.15, 0.2) is 0 Å². The van der Waals surface area contributed by atoms with E-state index in [0.29, 0.717) is 0 Å². The second-order valence-corrected chi connectivity index (χ2v) is 2.46. The lowest BCUT2D eigenvalue weighted by Gasteiger charge is -1.76. The van der Waals surface area contributed by atoms with Crippen molar-refractivity contribution in [2.24, 2.45) is 0 Å². The van der Waals surface area contributed by atoms with Crippen LogP contribution >= 0.6 is 0 Å². The molecular formula is C11H29NO. The fraction of sp³-hybridized carbons (Fsp3) is 1.00. The van der Waals surface area contributed by atoms with Crippen LogP contribution in [0, 0.1) is 0 Å². The predicted octanol–water partition coefficient (Wildman–Crippen LogP) is 2.81. The highest BCUT2D eigenvalue weighted by Crippen LogP contribution is 1.90. The van der Waals surface area contributed by atoms with Crippen molar-refractivity contribution in [3.05, 3.63) is 0 Å². The number of aliphatic hydroxyl groups excluding tert-OH is 1. The average molecular weight is 191 g/mol. The Morgan fingerprint density at radius 3 is 1.31 bits per heavy atom. The summed E-state index contributed by atoms with van der Waals surface area (Å²) in [4.78, 5) is 0. The molecule has 0 amide bonds. The van der Waals surface area contributed by atoms with Crippen LogP contribution in [0.2, 0.25) is 0 Å². The number of unbranched alkanes of at least 4 members (excludes halogenated alkanes) is 1. The van der Waals surface area contributed by atoms with Gasteiger partial charge in [0.25, 0.3) is 0 Å². The molecule has 84 valence electrons. The Balaban J connectivity index is -0.000000114. The van der Waals surface area contributed by atoms with Crippen LogP contribution in [0.3, 0.4) is 0 Å². The van der Waals surface area contributed by atoms with Crippen molar-refractivity contribution in [2.45, 2.75) is 53.4 Å². The van der Waals surface area contributed by atoms with Crippen molar-refractivity contribution < 1.29 is 5.11 Å². The van der Waals surface area contributed by atoms with Crippen LogP contribution in [0.4, 0.5) is 0 Å². The van der Waals surface area contributed by atoms with E-state index < -0.39 is 0 Å². The van der Waals surface area contributed by atoms with Gasteiger partial charge >= 0.3 is 0 Å². The van der Waals surface area contributed by atoms with Crippen LogP contribution in [0.25, 0.3) is 0 Å². The zero-order valence-corrected chi connectivity index (χ0v) is 10.2. The van der Waals surface area contributed by atoms with Crippen LogP contribution in [-0.2, 0) is 0 Å². The maximum Gasteiger partial charge on any atom is 0.0319 e. The van der Waals surface area contributed by atoms with E-state index in [4.69, 9.17) is 5.11 Å². The van der Waals surface area contributed by atoms with Crippen molar-refractivity contribution in [3.8, 4) is 0 Å². The van der Waals surface area contributed by atoms with E-state index in [9.17, 15) is 0 Å². The van der Waals surface area contributed by atoms with Crippen molar-refractivity contribution >= 4 is 0 Å². The second kappa shape index (κ2) is 29.7. The molecule has 0 aliphatic carbocycles. The first kappa shape index (κ1) is 18.7. The summed E-state index contributed by atoms with van der Waals surface area (Å²) in [5, 5.41) is 10.2. The van der Waals surface area contributed by atoms with E-state index >= 15 is 0 Å². The van der Waals surface area contributed by atoms with Crippen molar-refractivity contribution in [1.82, 2.24) is 5.32 Å². The van der Waals surface area contributed by atoms with E-state index in [0.717, 1.165) is 7.11 Å². The van der Waals surface area contributed by atoms with E-state index in [-0.39, 0.29) is 0 Å². The summed E-state index contributed by atoms with van der Waals surface area (Å²) in [7, 11) is 1.00. The van der Waals surface area contributed by atoms with Gasteiger partial charge in [0.2, 0.25) is 0 Å². The molecule has 1 heterocycles. The Morgan fingerprint density at radius 1 is 0.923 bits per heavy atom. The minimum atomic E-state index is 1.00. The van der Waals surface area contributed by atoms with Gasteiger partial charge in [-0.15, -0.1) is 0 Å². The Hall–Kier alpha value is -0.0800. The first-order valence-electron chi connectivity index (χ1n) is 5.57. The third kappa shape index (κ3) is 33.5. The molecule has 0 radical (unpaired) electrons. The van der Waals surface area contributed by atoms with Gasteiger partial charge in [-0.1, -0.05) is 40.5 Å². The standard InChI is InChI=1S/C4H9N.C4H10.C2H6.CH4O/c1-2-4-5-3-1;1-3-4-2;2*1-2/h5H,1-4H2;3-4H2,1-2H3;1-2H3;2H,1H3. The van der Waals surface area contributed by atoms with Gasteiger partial charge in [0, 0.05) is 7.11 Å². The van der Waals surface area contributed by atoms with Crippen LogP contribution in [-0.4, -0.2) is 25.3 Å². The van der Waals surface area contributed by atoms with Gasteiger partial charge in [-0.2, -0.15) is 0 Å². The Morgan fingerprint density at radius 2 is 1.23 bits per heavy atom. The highest BCUT2D eigenvalue weighted by molar-refractivity contribution is 4.55. The molecule has 2 nitrogen and oxygen atoms in total. The quantitative estimate of drug-likeness (QED) is 0.668. The van der Waals surface area contributed by atoms with Crippen molar-refractivity contribution in [1.29, 1.82) is 0 Å². The molecule has 13 heavy (non-hydrogen) atoms. The normalized spacial score (nSPS) is 12.5. The van der Waals surface area contributed by atoms with Gasteiger partial charge in [-0.05, 0) is 25.9 Å². The highest BCUT2D eigenvalue weighted by Gasteiger charge is 1.93. The van der Waals surface area contributed by atoms with E-state index in [2.05, 4.69) is 19.2 Å². The first-order valence-corrected chi connectivity index (χ1v) is 5.57. The molecule has 0 bridgehead atoms. The molecule has 1 aliphatic heterocycles. The van der Waals surface area contributed by atoms with Crippen LogP contribution < -0.4 is 5.32 Å². The Bertz CT molecular complexity index is 35.7. The van der Waals surface area contributed by atoms with Gasteiger partial charge in [-0.25, -0.2) is 0 Å². The summed E-state index contributed by atoms with van der Waals surface area (Å²) in [5.74, 6) is 0. The van der Waals surface area contributed by atoms with E-state index in [1.165, 1.54) is 38.8 Å². The Labute approximate surface area is 84.7 Å². The zero-order chi connectivity index (χ0) is 10.9.